The Morgan fingerprint density at radius 3 is 2.80 bits per heavy atom. The maximum Gasteiger partial charge on any atom is 0.222 e. The van der Waals surface area contributed by atoms with Crippen molar-refractivity contribution < 1.29 is 13.6 Å². The van der Waals surface area contributed by atoms with Crippen molar-refractivity contribution in [1.82, 2.24) is 10.2 Å². The lowest BCUT2D eigenvalue weighted by Gasteiger charge is -2.19. The second-order valence-corrected chi connectivity index (χ2v) is 5.05. The molecule has 0 radical (unpaired) electrons. The Kier molecular flexibility index (Phi) is 6.36. The maximum atomic E-state index is 13.5. The number of amides is 1. The fourth-order valence-corrected chi connectivity index (χ4v) is 2.29. The number of benzene rings is 1. The Balaban J connectivity index is 0.00000200. The van der Waals surface area contributed by atoms with Gasteiger partial charge in [-0.1, -0.05) is 6.07 Å². The first kappa shape index (κ1) is 16.9. The Bertz CT molecular complexity index is 464. The molecule has 1 aromatic carbocycles. The van der Waals surface area contributed by atoms with E-state index in [0.29, 0.717) is 17.9 Å². The van der Waals surface area contributed by atoms with Crippen LogP contribution in [0.4, 0.5) is 8.78 Å². The normalized spacial score (nSPS) is 17.6. The Morgan fingerprint density at radius 1 is 1.45 bits per heavy atom. The van der Waals surface area contributed by atoms with Crippen LogP contribution in [0.25, 0.3) is 0 Å². The third-order valence-corrected chi connectivity index (χ3v) is 3.47. The van der Waals surface area contributed by atoms with Crippen LogP contribution in [0.15, 0.2) is 18.2 Å². The van der Waals surface area contributed by atoms with E-state index in [1.165, 1.54) is 17.0 Å². The smallest absolute Gasteiger partial charge is 0.222 e. The summed E-state index contributed by atoms with van der Waals surface area (Å²) in [6, 6.07) is 3.43. The predicted octanol–water partition coefficient (Wildman–Crippen LogP) is 2.34. The molecule has 112 valence electrons. The van der Waals surface area contributed by atoms with Gasteiger partial charge in [-0.2, -0.15) is 0 Å². The zero-order valence-electron chi connectivity index (χ0n) is 11.4. The van der Waals surface area contributed by atoms with Gasteiger partial charge in [0.15, 0.2) is 0 Å². The molecule has 1 aromatic rings. The van der Waals surface area contributed by atoms with Crippen LogP contribution in [0.5, 0.6) is 0 Å². The first-order valence-electron chi connectivity index (χ1n) is 6.45. The van der Waals surface area contributed by atoms with Gasteiger partial charge in [0.25, 0.3) is 0 Å². The van der Waals surface area contributed by atoms with Gasteiger partial charge in [-0.3, -0.25) is 4.79 Å². The van der Waals surface area contributed by atoms with Gasteiger partial charge in [0, 0.05) is 31.6 Å². The lowest BCUT2D eigenvalue weighted by atomic mass is 10.0. The summed E-state index contributed by atoms with van der Waals surface area (Å²) in [5.41, 5.74) is 0.335. The number of rotatable bonds is 4. The van der Waals surface area contributed by atoms with Crippen LogP contribution in [0, 0.1) is 17.6 Å². The molecule has 1 aliphatic rings. The Hall–Kier alpha value is -1.20. The lowest BCUT2D eigenvalue weighted by Crippen LogP contribution is -2.28. The topological polar surface area (TPSA) is 32.3 Å². The van der Waals surface area contributed by atoms with Crippen molar-refractivity contribution in [3.05, 3.63) is 35.4 Å². The minimum Gasteiger partial charge on any atom is -0.341 e. The molecule has 0 saturated carbocycles. The molecule has 1 fully saturated rings. The molecule has 1 heterocycles. The molecule has 0 spiro atoms. The van der Waals surface area contributed by atoms with Crippen molar-refractivity contribution in [3.63, 3.8) is 0 Å². The Morgan fingerprint density at radius 2 is 2.20 bits per heavy atom. The van der Waals surface area contributed by atoms with Crippen molar-refractivity contribution in [2.75, 3.05) is 20.1 Å². The quantitative estimate of drug-likeness (QED) is 0.926. The standard InChI is InChI=1S/C14H18F2N2O.ClH/c1-18(14(19)6-10-4-5-17-8-10)9-11-2-3-12(15)7-13(11)16;/h2-3,7,10,17H,4-6,8-9H2,1H3;1H. The Labute approximate surface area is 123 Å². The van der Waals surface area contributed by atoms with E-state index < -0.39 is 11.6 Å². The van der Waals surface area contributed by atoms with E-state index in [1.54, 1.807) is 7.05 Å². The molecular formula is C14H19ClF2N2O. The molecule has 3 nitrogen and oxygen atoms in total. The van der Waals surface area contributed by atoms with Gasteiger partial charge in [0.05, 0.1) is 0 Å². The summed E-state index contributed by atoms with van der Waals surface area (Å²) in [4.78, 5) is 13.5. The molecule has 1 unspecified atom stereocenters. The van der Waals surface area contributed by atoms with Crippen molar-refractivity contribution in [2.24, 2.45) is 5.92 Å². The number of carbonyl (C=O) groups excluding carboxylic acids is 1. The fraction of sp³-hybridized carbons (Fsp3) is 0.500. The molecule has 2 rings (SSSR count). The van der Waals surface area contributed by atoms with Crippen LogP contribution < -0.4 is 5.32 Å². The molecular weight excluding hydrogens is 286 g/mol. The maximum absolute atomic E-state index is 13.5. The number of carbonyl (C=O) groups is 1. The number of hydrogen-bond acceptors (Lipinski definition) is 2. The number of halogens is 3. The average molecular weight is 305 g/mol. The van der Waals surface area contributed by atoms with E-state index in [2.05, 4.69) is 5.32 Å². The van der Waals surface area contributed by atoms with Gasteiger partial charge in [0.1, 0.15) is 11.6 Å². The third kappa shape index (κ3) is 4.42. The van der Waals surface area contributed by atoms with E-state index in [0.717, 1.165) is 25.6 Å². The highest BCUT2D eigenvalue weighted by Gasteiger charge is 2.20. The second-order valence-electron chi connectivity index (χ2n) is 5.05. The van der Waals surface area contributed by atoms with Gasteiger partial charge in [-0.25, -0.2) is 8.78 Å². The van der Waals surface area contributed by atoms with E-state index in [-0.39, 0.29) is 24.9 Å². The fourth-order valence-electron chi connectivity index (χ4n) is 2.29. The number of nitrogens with zero attached hydrogens (tertiary/aromatic N) is 1. The van der Waals surface area contributed by atoms with Gasteiger partial charge in [0.2, 0.25) is 5.91 Å². The number of nitrogens with one attached hydrogen (secondary N) is 1. The van der Waals surface area contributed by atoms with Gasteiger partial charge in [-0.15, -0.1) is 12.4 Å². The molecule has 20 heavy (non-hydrogen) atoms. The summed E-state index contributed by atoms with van der Waals surface area (Å²) >= 11 is 0. The summed E-state index contributed by atoms with van der Waals surface area (Å²) in [6.45, 7) is 1.99. The van der Waals surface area contributed by atoms with E-state index in [1.807, 2.05) is 0 Å². The van der Waals surface area contributed by atoms with Crippen molar-refractivity contribution in [3.8, 4) is 0 Å². The molecule has 1 aliphatic heterocycles. The molecule has 0 aliphatic carbocycles. The van der Waals surface area contributed by atoms with Crippen LogP contribution in [-0.2, 0) is 11.3 Å². The third-order valence-electron chi connectivity index (χ3n) is 3.47. The molecule has 6 heteroatoms. The van der Waals surface area contributed by atoms with Crippen molar-refractivity contribution >= 4 is 18.3 Å². The van der Waals surface area contributed by atoms with Crippen molar-refractivity contribution in [1.29, 1.82) is 0 Å². The van der Waals surface area contributed by atoms with E-state index in [4.69, 9.17) is 0 Å². The van der Waals surface area contributed by atoms with Crippen LogP contribution >= 0.6 is 12.4 Å². The van der Waals surface area contributed by atoms with E-state index >= 15 is 0 Å². The summed E-state index contributed by atoms with van der Waals surface area (Å²) in [5.74, 6) is -0.847. The highest BCUT2D eigenvalue weighted by molar-refractivity contribution is 5.85. The molecule has 1 N–H and O–H groups in total. The minimum absolute atomic E-state index is 0. The first-order chi connectivity index (χ1) is 9.06. The first-order valence-corrected chi connectivity index (χ1v) is 6.45. The zero-order valence-corrected chi connectivity index (χ0v) is 12.2. The van der Waals surface area contributed by atoms with Crippen LogP contribution in [0.3, 0.4) is 0 Å². The summed E-state index contributed by atoms with van der Waals surface area (Å²) in [7, 11) is 1.65. The summed E-state index contributed by atoms with van der Waals surface area (Å²) < 4.78 is 26.3. The number of hydrogen-bond donors (Lipinski definition) is 1. The molecule has 1 atom stereocenters. The molecule has 1 saturated heterocycles. The molecule has 0 bridgehead atoms. The van der Waals surface area contributed by atoms with Crippen molar-refractivity contribution in [2.45, 2.75) is 19.4 Å². The van der Waals surface area contributed by atoms with Crippen LogP contribution in [-0.4, -0.2) is 30.9 Å². The lowest BCUT2D eigenvalue weighted by molar-refractivity contribution is -0.131. The van der Waals surface area contributed by atoms with Gasteiger partial charge >= 0.3 is 0 Å². The minimum atomic E-state index is -0.609. The summed E-state index contributed by atoms with van der Waals surface area (Å²) in [6.07, 6.45) is 1.48. The predicted molar refractivity (Wildman–Crippen MR) is 75.7 cm³/mol. The van der Waals surface area contributed by atoms with Gasteiger partial charge < -0.3 is 10.2 Å². The van der Waals surface area contributed by atoms with Crippen LogP contribution in [0.1, 0.15) is 18.4 Å². The highest BCUT2D eigenvalue weighted by Crippen LogP contribution is 2.16. The monoisotopic (exact) mass is 304 g/mol. The van der Waals surface area contributed by atoms with E-state index in [9.17, 15) is 13.6 Å². The molecule has 1 amide bonds. The SMILES string of the molecule is CN(Cc1ccc(F)cc1F)C(=O)CC1CCNC1.Cl. The largest absolute Gasteiger partial charge is 0.341 e. The zero-order chi connectivity index (χ0) is 13.8. The molecule has 0 aromatic heterocycles. The summed E-state index contributed by atoms with van der Waals surface area (Å²) in [5, 5.41) is 3.21. The van der Waals surface area contributed by atoms with Gasteiger partial charge in [-0.05, 0) is 31.5 Å². The van der Waals surface area contributed by atoms with Crippen LogP contribution in [0.2, 0.25) is 0 Å². The second kappa shape index (κ2) is 7.55. The highest BCUT2D eigenvalue weighted by atomic mass is 35.5. The average Bonchev–Trinajstić information content (AvgIpc) is 2.85.